The number of aromatic nitrogens is 2. The van der Waals surface area contributed by atoms with Crippen LogP contribution in [0.5, 0.6) is 0 Å². The summed E-state index contributed by atoms with van der Waals surface area (Å²) in [6.45, 7) is 19.4. The first-order chi connectivity index (χ1) is 13.8. The van der Waals surface area contributed by atoms with Crippen LogP contribution in [0, 0.1) is 0 Å². The molecule has 2 aromatic rings. The predicted molar refractivity (Wildman–Crippen MR) is 119 cm³/mol. The molecule has 29 heavy (non-hydrogen) atoms. The Morgan fingerprint density at radius 2 is 1.62 bits per heavy atom. The summed E-state index contributed by atoms with van der Waals surface area (Å²) in [6.07, 6.45) is 3.00. The quantitative estimate of drug-likeness (QED) is 0.413. The minimum absolute atomic E-state index is 0.192. The van der Waals surface area contributed by atoms with Crippen LogP contribution in [0.4, 0.5) is 0 Å². The van der Waals surface area contributed by atoms with Crippen molar-refractivity contribution in [3.8, 4) is 0 Å². The number of carbonyl (C=O) groups is 1. The van der Waals surface area contributed by atoms with E-state index in [1.165, 1.54) is 5.56 Å². The van der Waals surface area contributed by atoms with Crippen LogP contribution in [0.2, 0.25) is 0 Å². The van der Waals surface area contributed by atoms with Crippen molar-refractivity contribution in [1.29, 1.82) is 0 Å². The molecule has 0 amide bonds. The fraction of sp³-hybridized carbons (Fsp3) is 0.542. The number of carbonyl (C=O) groups excluding carboxylic acids is 1. The number of benzene rings is 1. The van der Waals surface area contributed by atoms with Gasteiger partial charge in [0.15, 0.2) is 5.82 Å². The molecule has 0 spiro atoms. The van der Waals surface area contributed by atoms with Crippen LogP contribution >= 0.6 is 0 Å². The van der Waals surface area contributed by atoms with Gasteiger partial charge >= 0.3 is 5.97 Å². The summed E-state index contributed by atoms with van der Waals surface area (Å²) in [6, 6.07) is 8.43. The molecule has 0 fully saturated rings. The van der Waals surface area contributed by atoms with Gasteiger partial charge in [-0.05, 0) is 38.3 Å². The SMILES string of the molecule is C=C(Cc1nc(Cc2ccc(CCC)cc2)no1)C(=O)OC(C)(C)C.CC.CC. The minimum Gasteiger partial charge on any atom is -0.457 e. The number of aryl methyl sites for hydroxylation is 1. The van der Waals surface area contributed by atoms with Gasteiger partial charge in [0.1, 0.15) is 5.60 Å². The maximum atomic E-state index is 11.9. The highest BCUT2D eigenvalue weighted by atomic mass is 16.6. The van der Waals surface area contributed by atoms with Crippen molar-refractivity contribution in [2.75, 3.05) is 0 Å². The van der Waals surface area contributed by atoms with Crippen molar-refractivity contribution in [2.24, 2.45) is 0 Å². The van der Waals surface area contributed by atoms with Crippen LogP contribution in [-0.4, -0.2) is 21.7 Å². The third-order valence-electron chi connectivity index (χ3n) is 3.49. The van der Waals surface area contributed by atoms with E-state index in [-0.39, 0.29) is 6.42 Å². The van der Waals surface area contributed by atoms with Crippen molar-refractivity contribution >= 4 is 5.97 Å². The largest absolute Gasteiger partial charge is 0.457 e. The molecule has 5 nitrogen and oxygen atoms in total. The van der Waals surface area contributed by atoms with E-state index in [1.807, 2.05) is 48.5 Å². The van der Waals surface area contributed by atoms with Gasteiger partial charge in [-0.15, -0.1) is 0 Å². The topological polar surface area (TPSA) is 65.2 Å². The highest BCUT2D eigenvalue weighted by molar-refractivity contribution is 5.88. The van der Waals surface area contributed by atoms with Crippen molar-refractivity contribution < 1.29 is 14.1 Å². The summed E-state index contributed by atoms with van der Waals surface area (Å²) in [5.41, 5.74) is 2.20. The van der Waals surface area contributed by atoms with E-state index >= 15 is 0 Å². The number of nitrogens with zero attached hydrogens (tertiary/aromatic N) is 2. The fourth-order valence-electron chi connectivity index (χ4n) is 2.33. The summed E-state index contributed by atoms with van der Waals surface area (Å²) >= 11 is 0. The van der Waals surface area contributed by atoms with Gasteiger partial charge in [0.2, 0.25) is 5.89 Å². The summed E-state index contributed by atoms with van der Waals surface area (Å²) in [7, 11) is 0. The van der Waals surface area contributed by atoms with Crippen LogP contribution in [0.1, 0.15) is 84.7 Å². The van der Waals surface area contributed by atoms with Crippen molar-refractivity contribution in [3.63, 3.8) is 0 Å². The number of hydrogen-bond acceptors (Lipinski definition) is 5. The molecule has 0 bridgehead atoms. The lowest BCUT2D eigenvalue weighted by Gasteiger charge is -2.19. The highest BCUT2D eigenvalue weighted by Gasteiger charge is 2.20. The molecule has 2 rings (SSSR count). The van der Waals surface area contributed by atoms with Crippen molar-refractivity contribution in [2.45, 2.75) is 86.7 Å². The summed E-state index contributed by atoms with van der Waals surface area (Å²) < 4.78 is 10.5. The van der Waals surface area contributed by atoms with Gasteiger partial charge in [-0.25, -0.2) is 4.79 Å². The molecule has 5 heteroatoms. The number of esters is 1. The Morgan fingerprint density at radius 1 is 1.07 bits per heavy atom. The summed E-state index contributed by atoms with van der Waals surface area (Å²) in [5.74, 6) is 0.516. The van der Waals surface area contributed by atoms with E-state index in [0.717, 1.165) is 18.4 Å². The summed E-state index contributed by atoms with van der Waals surface area (Å²) in [5, 5.41) is 3.98. The average molecular weight is 403 g/mol. The minimum atomic E-state index is -0.552. The molecule has 1 heterocycles. The first-order valence-corrected chi connectivity index (χ1v) is 10.6. The Hall–Kier alpha value is -2.43. The van der Waals surface area contributed by atoms with Crippen LogP contribution < -0.4 is 0 Å². The lowest BCUT2D eigenvalue weighted by molar-refractivity contribution is -0.150. The van der Waals surface area contributed by atoms with Gasteiger partial charge in [-0.1, -0.05) is 77.0 Å². The number of hydrogen-bond donors (Lipinski definition) is 0. The van der Waals surface area contributed by atoms with Gasteiger partial charge in [0.05, 0.1) is 6.42 Å². The van der Waals surface area contributed by atoms with Gasteiger partial charge < -0.3 is 9.26 Å². The second-order valence-corrected chi connectivity index (χ2v) is 7.13. The summed E-state index contributed by atoms with van der Waals surface area (Å²) in [4.78, 5) is 16.3. The second-order valence-electron chi connectivity index (χ2n) is 7.13. The highest BCUT2D eigenvalue weighted by Crippen LogP contribution is 2.14. The van der Waals surface area contributed by atoms with Crippen molar-refractivity contribution in [1.82, 2.24) is 10.1 Å². The first kappa shape index (κ1) is 26.6. The Balaban J connectivity index is 0.00000184. The molecule has 0 saturated carbocycles. The number of rotatable bonds is 7. The average Bonchev–Trinajstić information content (AvgIpc) is 3.12. The Bertz CT molecular complexity index is 725. The van der Waals surface area contributed by atoms with Gasteiger partial charge in [0.25, 0.3) is 0 Å². The molecule has 0 atom stereocenters. The van der Waals surface area contributed by atoms with E-state index in [9.17, 15) is 4.79 Å². The van der Waals surface area contributed by atoms with Crippen LogP contribution in [0.15, 0.2) is 40.9 Å². The molecule has 0 N–H and O–H groups in total. The Kier molecular flexibility index (Phi) is 12.5. The zero-order valence-corrected chi connectivity index (χ0v) is 19.5. The van der Waals surface area contributed by atoms with Crippen LogP contribution in [-0.2, 0) is 28.8 Å². The van der Waals surface area contributed by atoms with Gasteiger partial charge in [0, 0.05) is 12.0 Å². The fourth-order valence-corrected chi connectivity index (χ4v) is 2.33. The Labute approximate surface area is 176 Å². The first-order valence-electron chi connectivity index (χ1n) is 10.6. The number of ether oxygens (including phenoxy) is 1. The zero-order valence-electron chi connectivity index (χ0n) is 19.5. The van der Waals surface area contributed by atoms with E-state index in [4.69, 9.17) is 9.26 Å². The molecule has 0 unspecified atom stereocenters. The standard InChI is InChI=1S/C20H26N2O3.2C2H6/c1-6-7-15-8-10-16(11-9-15)13-17-21-18(25-22-17)12-14(2)19(23)24-20(3,4)5;2*1-2/h8-11H,2,6-7,12-13H2,1,3-5H3;2*1-2H3. The third-order valence-corrected chi connectivity index (χ3v) is 3.49. The van der Waals surface area contributed by atoms with Crippen molar-refractivity contribution in [3.05, 3.63) is 59.3 Å². The maximum absolute atomic E-state index is 11.9. The monoisotopic (exact) mass is 402 g/mol. The molecule has 1 aromatic heterocycles. The molecule has 0 aliphatic carbocycles. The van der Waals surface area contributed by atoms with Crippen LogP contribution in [0.3, 0.4) is 0 Å². The van der Waals surface area contributed by atoms with Crippen LogP contribution in [0.25, 0.3) is 0 Å². The lowest BCUT2D eigenvalue weighted by Crippen LogP contribution is -2.25. The molecular formula is C24H38N2O3. The normalized spacial score (nSPS) is 10.2. The molecule has 0 aliphatic rings. The van der Waals surface area contributed by atoms with E-state index in [0.29, 0.717) is 23.7 Å². The smallest absolute Gasteiger partial charge is 0.334 e. The lowest BCUT2D eigenvalue weighted by atomic mass is 10.1. The van der Waals surface area contributed by atoms with E-state index in [2.05, 4.69) is 47.9 Å². The molecule has 0 aliphatic heterocycles. The zero-order chi connectivity index (χ0) is 22.4. The predicted octanol–water partition coefficient (Wildman–Crippen LogP) is 6.11. The third kappa shape index (κ3) is 10.6. The van der Waals surface area contributed by atoms with Gasteiger partial charge in [-0.2, -0.15) is 4.98 Å². The van der Waals surface area contributed by atoms with E-state index < -0.39 is 11.6 Å². The molecule has 162 valence electrons. The molecule has 1 aromatic carbocycles. The maximum Gasteiger partial charge on any atom is 0.334 e. The Morgan fingerprint density at radius 3 is 2.14 bits per heavy atom. The van der Waals surface area contributed by atoms with E-state index in [1.54, 1.807) is 0 Å². The molecular weight excluding hydrogens is 364 g/mol. The molecule has 0 radical (unpaired) electrons. The molecule has 0 saturated heterocycles. The van der Waals surface area contributed by atoms with Gasteiger partial charge in [-0.3, -0.25) is 0 Å². The second kappa shape index (κ2) is 13.7.